The fourth-order valence-electron chi connectivity index (χ4n) is 8.64. The van der Waals surface area contributed by atoms with E-state index in [1.807, 2.05) is 6.07 Å². The van der Waals surface area contributed by atoms with Crippen LogP contribution in [-0.4, -0.2) is 9.55 Å². The van der Waals surface area contributed by atoms with Crippen LogP contribution in [-0.2, 0) is 0 Å². The van der Waals surface area contributed by atoms with Crippen LogP contribution in [0.1, 0.15) is 0 Å². The van der Waals surface area contributed by atoms with Crippen molar-refractivity contribution in [2.75, 3.05) is 4.90 Å². The van der Waals surface area contributed by atoms with Crippen LogP contribution < -0.4 is 4.90 Å². The maximum Gasteiger partial charge on any atom is 0.145 e. The van der Waals surface area contributed by atoms with Crippen molar-refractivity contribution in [3.05, 3.63) is 237 Å². The second-order valence-electron chi connectivity index (χ2n) is 15.2. The average Bonchev–Trinajstić information content (AvgIpc) is 3.72. The highest BCUT2D eigenvalue weighted by atomic mass is 15.1. The van der Waals surface area contributed by atoms with Gasteiger partial charge >= 0.3 is 0 Å². The molecule has 0 saturated heterocycles. The minimum absolute atomic E-state index is 0.931. The first-order chi connectivity index (χ1) is 29.7. The van der Waals surface area contributed by atoms with Crippen LogP contribution >= 0.6 is 0 Å². The van der Waals surface area contributed by atoms with E-state index in [1.165, 1.54) is 32.7 Å². The SMILES string of the molecule is c1ccc(-c2ccc(N(c3ccc(-c4cccc(-c5ccc6nc(-c7ccccc7)n(-c7ccccc7)c6c5)c4)cc3)c3cc4ccccc4c4ccccc34)cc2)cc1. The molecule has 3 nitrogen and oxygen atoms in total. The van der Waals surface area contributed by atoms with E-state index in [-0.39, 0.29) is 0 Å². The number of hydrogen-bond acceptors (Lipinski definition) is 2. The molecule has 0 fully saturated rings. The Bertz CT molecular complexity index is 3280. The molecule has 1 heterocycles. The van der Waals surface area contributed by atoms with Gasteiger partial charge in [-0.3, -0.25) is 4.57 Å². The molecule has 11 rings (SSSR count). The Hall–Kier alpha value is -8.01. The number of fused-ring (bicyclic) bond motifs is 4. The van der Waals surface area contributed by atoms with Crippen LogP contribution in [0.5, 0.6) is 0 Å². The van der Waals surface area contributed by atoms with E-state index >= 15 is 0 Å². The topological polar surface area (TPSA) is 21.1 Å². The van der Waals surface area contributed by atoms with Crippen molar-refractivity contribution in [3.63, 3.8) is 0 Å². The number of rotatable bonds is 8. The van der Waals surface area contributed by atoms with E-state index in [0.717, 1.165) is 67.4 Å². The minimum Gasteiger partial charge on any atom is -0.310 e. The van der Waals surface area contributed by atoms with Crippen LogP contribution in [0.4, 0.5) is 17.1 Å². The van der Waals surface area contributed by atoms with E-state index in [9.17, 15) is 0 Å². The van der Waals surface area contributed by atoms with Gasteiger partial charge in [-0.1, -0.05) is 176 Å². The Kier molecular flexibility index (Phi) is 8.83. The van der Waals surface area contributed by atoms with Gasteiger partial charge in [-0.05, 0) is 110 Å². The van der Waals surface area contributed by atoms with Crippen molar-refractivity contribution in [1.29, 1.82) is 0 Å². The summed E-state index contributed by atoms with van der Waals surface area (Å²) in [5.41, 5.74) is 14.6. The number of imidazole rings is 1. The molecule has 11 aromatic rings. The molecule has 0 aliphatic rings. The van der Waals surface area contributed by atoms with Gasteiger partial charge in [-0.2, -0.15) is 0 Å². The number of benzene rings is 10. The summed E-state index contributed by atoms with van der Waals surface area (Å²) in [6, 6.07) is 84.8. The summed E-state index contributed by atoms with van der Waals surface area (Å²) in [6.45, 7) is 0. The van der Waals surface area contributed by atoms with Crippen LogP contribution in [0.25, 0.3) is 83.0 Å². The maximum atomic E-state index is 5.13. The van der Waals surface area contributed by atoms with Crippen LogP contribution in [0.3, 0.4) is 0 Å². The first kappa shape index (κ1) is 35.2. The lowest BCUT2D eigenvalue weighted by molar-refractivity contribution is 1.10. The summed E-state index contributed by atoms with van der Waals surface area (Å²) in [4.78, 5) is 7.54. The van der Waals surface area contributed by atoms with Crippen molar-refractivity contribution >= 4 is 49.6 Å². The Balaban J connectivity index is 0.991. The number of para-hydroxylation sites is 1. The third-order valence-corrected chi connectivity index (χ3v) is 11.6. The van der Waals surface area contributed by atoms with Crippen molar-refractivity contribution in [2.45, 2.75) is 0 Å². The molecule has 0 bridgehead atoms. The smallest absolute Gasteiger partial charge is 0.145 e. The quantitative estimate of drug-likeness (QED) is 0.144. The van der Waals surface area contributed by atoms with Gasteiger partial charge in [0.15, 0.2) is 0 Å². The molecule has 3 heteroatoms. The van der Waals surface area contributed by atoms with Gasteiger partial charge in [0.05, 0.1) is 16.7 Å². The number of hydrogen-bond donors (Lipinski definition) is 0. The molecule has 60 heavy (non-hydrogen) atoms. The van der Waals surface area contributed by atoms with Crippen molar-refractivity contribution < 1.29 is 0 Å². The van der Waals surface area contributed by atoms with E-state index in [4.69, 9.17) is 4.98 Å². The fraction of sp³-hybridized carbons (Fsp3) is 0. The lowest BCUT2D eigenvalue weighted by atomic mass is 9.97. The molecule has 1 aromatic heterocycles. The molecular formula is C57H39N3. The Morgan fingerprint density at radius 3 is 1.50 bits per heavy atom. The minimum atomic E-state index is 0.931. The van der Waals surface area contributed by atoms with E-state index in [2.05, 4.69) is 240 Å². The standard InChI is InChI=1S/C57H39N3/c1-4-15-40(16-5-1)41-27-32-49(33-28-41)59(55-39-47-19-10-11-24-51(47)52-25-12-13-26-53(52)55)50-34-29-42(30-35-50)44-20-14-21-45(37-44)46-31-36-54-56(38-46)60(48-22-8-3-9-23-48)57(58-54)43-17-6-2-7-18-43/h1-39H. The first-order valence-electron chi connectivity index (χ1n) is 20.5. The molecule has 0 saturated carbocycles. The van der Waals surface area contributed by atoms with Gasteiger partial charge in [-0.25, -0.2) is 4.98 Å². The number of anilines is 3. The summed E-state index contributed by atoms with van der Waals surface area (Å²) in [7, 11) is 0. The molecule has 0 atom stereocenters. The molecular weight excluding hydrogens is 727 g/mol. The van der Waals surface area contributed by atoms with E-state index in [0.29, 0.717) is 0 Å². The second kappa shape index (κ2) is 15.1. The van der Waals surface area contributed by atoms with Gasteiger partial charge < -0.3 is 4.90 Å². The molecule has 0 unspecified atom stereocenters. The summed E-state index contributed by atoms with van der Waals surface area (Å²) < 4.78 is 2.27. The zero-order chi connectivity index (χ0) is 39.8. The predicted octanol–water partition coefficient (Wildman–Crippen LogP) is 15.5. The lowest BCUT2D eigenvalue weighted by Crippen LogP contribution is -2.10. The van der Waals surface area contributed by atoms with Crippen LogP contribution in [0, 0.1) is 0 Å². The summed E-state index contributed by atoms with van der Waals surface area (Å²) in [5.74, 6) is 0.931. The van der Waals surface area contributed by atoms with Crippen molar-refractivity contribution in [1.82, 2.24) is 9.55 Å². The second-order valence-corrected chi connectivity index (χ2v) is 15.2. The van der Waals surface area contributed by atoms with Gasteiger partial charge in [-0.15, -0.1) is 0 Å². The molecule has 0 N–H and O–H groups in total. The zero-order valence-corrected chi connectivity index (χ0v) is 32.9. The maximum absolute atomic E-state index is 5.13. The molecule has 0 aliphatic carbocycles. The third-order valence-electron chi connectivity index (χ3n) is 11.6. The molecule has 0 amide bonds. The van der Waals surface area contributed by atoms with Gasteiger partial charge in [0, 0.05) is 28.0 Å². The zero-order valence-electron chi connectivity index (χ0n) is 32.9. The molecule has 10 aromatic carbocycles. The highest BCUT2D eigenvalue weighted by molar-refractivity contribution is 6.14. The summed E-state index contributed by atoms with van der Waals surface area (Å²) >= 11 is 0. The largest absolute Gasteiger partial charge is 0.310 e. The normalized spacial score (nSPS) is 11.3. The number of nitrogens with zero attached hydrogens (tertiary/aromatic N) is 3. The van der Waals surface area contributed by atoms with Crippen molar-refractivity contribution in [3.8, 4) is 50.5 Å². The lowest BCUT2D eigenvalue weighted by Gasteiger charge is -2.28. The highest BCUT2D eigenvalue weighted by Gasteiger charge is 2.19. The first-order valence-corrected chi connectivity index (χ1v) is 20.5. The molecule has 0 aliphatic heterocycles. The monoisotopic (exact) mass is 765 g/mol. The fourth-order valence-corrected chi connectivity index (χ4v) is 8.64. The van der Waals surface area contributed by atoms with Gasteiger partial charge in [0.2, 0.25) is 0 Å². The van der Waals surface area contributed by atoms with Crippen LogP contribution in [0.2, 0.25) is 0 Å². The summed E-state index contributed by atoms with van der Waals surface area (Å²) in [6.07, 6.45) is 0. The highest BCUT2D eigenvalue weighted by Crippen LogP contribution is 2.43. The third kappa shape index (κ3) is 6.39. The summed E-state index contributed by atoms with van der Waals surface area (Å²) in [5, 5.41) is 4.92. The van der Waals surface area contributed by atoms with Crippen molar-refractivity contribution in [2.24, 2.45) is 0 Å². The molecule has 282 valence electrons. The average molecular weight is 766 g/mol. The van der Waals surface area contributed by atoms with Gasteiger partial charge in [0.1, 0.15) is 5.82 Å². The number of aromatic nitrogens is 2. The van der Waals surface area contributed by atoms with E-state index < -0.39 is 0 Å². The Morgan fingerprint density at radius 1 is 0.333 bits per heavy atom. The Morgan fingerprint density at radius 2 is 0.817 bits per heavy atom. The van der Waals surface area contributed by atoms with E-state index in [1.54, 1.807) is 0 Å². The molecule has 0 radical (unpaired) electrons. The van der Waals surface area contributed by atoms with Gasteiger partial charge in [0.25, 0.3) is 0 Å². The Labute approximate surface area is 349 Å². The predicted molar refractivity (Wildman–Crippen MR) is 253 cm³/mol. The van der Waals surface area contributed by atoms with Crippen LogP contribution in [0.15, 0.2) is 237 Å². The molecule has 0 spiro atoms.